The maximum Gasteiger partial charge on any atom is 0.338 e. The van der Waals surface area contributed by atoms with Crippen LogP contribution in [0.25, 0.3) is 0 Å². The molecule has 0 saturated carbocycles. The third kappa shape index (κ3) is 4.69. The Hall–Kier alpha value is -2.45. The van der Waals surface area contributed by atoms with E-state index in [0.717, 1.165) is 6.42 Å². The number of rotatable bonds is 8. The maximum atomic E-state index is 12.9. The van der Waals surface area contributed by atoms with E-state index in [1.807, 2.05) is 18.7 Å². The molecule has 0 aliphatic carbocycles. The molecule has 1 atom stereocenters. The van der Waals surface area contributed by atoms with Crippen molar-refractivity contribution < 1.29 is 23.8 Å². The Morgan fingerprint density at radius 2 is 1.89 bits per heavy atom. The zero-order valence-corrected chi connectivity index (χ0v) is 17.4. The monoisotopic (exact) mass is 406 g/mol. The minimum absolute atomic E-state index is 0.135. The third-order valence-corrected chi connectivity index (χ3v) is 4.80. The number of hydrogen-bond acceptors (Lipinski definition) is 6. The molecule has 0 spiro atoms. The van der Waals surface area contributed by atoms with E-state index in [1.54, 1.807) is 24.3 Å². The van der Waals surface area contributed by atoms with Crippen LogP contribution in [0.4, 0.5) is 0 Å². The predicted octanol–water partition coefficient (Wildman–Crippen LogP) is 2.58. The van der Waals surface area contributed by atoms with Crippen molar-refractivity contribution in [3.05, 3.63) is 46.7 Å². The summed E-state index contributed by atoms with van der Waals surface area (Å²) >= 11 is 5.52. The summed E-state index contributed by atoms with van der Waals surface area (Å²) in [6.07, 6.45) is 0.856. The molecule has 0 amide bonds. The second kappa shape index (κ2) is 10.2. The minimum atomic E-state index is -0.619. The highest BCUT2D eigenvalue weighted by atomic mass is 32.1. The van der Waals surface area contributed by atoms with E-state index in [9.17, 15) is 9.59 Å². The van der Waals surface area contributed by atoms with E-state index in [-0.39, 0.29) is 6.61 Å². The van der Waals surface area contributed by atoms with Gasteiger partial charge in [0.05, 0.1) is 30.9 Å². The van der Waals surface area contributed by atoms with Crippen LogP contribution in [0.3, 0.4) is 0 Å². The molecule has 7 nitrogen and oxygen atoms in total. The van der Waals surface area contributed by atoms with E-state index >= 15 is 0 Å². The fourth-order valence-corrected chi connectivity index (χ4v) is 3.46. The largest absolute Gasteiger partial charge is 0.465 e. The second-order valence-corrected chi connectivity index (χ2v) is 6.63. The molecule has 1 aliphatic heterocycles. The van der Waals surface area contributed by atoms with Crippen molar-refractivity contribution in [3.8, 4) is 0 Å². The predicted molar refractivity (Wildman–Crippen MR) is 109 cm³/mol. The van der Waals surface area contributed by atoms with Gasteiger partial charge in [0.1, 0.15) is 6.61 Å². The first-order chi connectivity index (χ1) is 13.5. The number of carbonyl (C=O) groups is 2. The van der Waals surface area contributed by atoms with Crippen molar-refractivity contribution in [3.63, 3.8) is 0 Å². The molecule has 1 heterocycles. The lowest BCUT2D eigenvalue weighted by Gasteiger charge is -2.37. The number of ether oxygens (including phenoxy) is 3. The Bertz CT molecular complexity index is 778. The zero-order valence-electron chi connectivity index (χ0n) is 16.6. The molecule has 1 aromatic carbocycles. The number of benzene rings is 1. The molecule has 0 aromatic heterocycles. The summed E-state index contributed by atoms with van der Waals surface area (Å²) in [5.41, 5.74) is 2.09. The zero-order chi connectivity index (χ0) is 20.7. The van der Waals surface area contributed by atoms with Crippen LogP contribution in [0.1, 0.15) is 42.2 Å². The first-order valence-corrected chi connectivity index (χ1v) is 9.49. The summed E-state index contributed by atoms with van der Waals surface area (Å²) in [5, 5.41) is 3.70. The van der Waals surface area contributed by atoms with Gasteiger partial charge in [-0.05, 0) is 37.2 Å². The molecule has 0 radical (unpaired) electrons. The average molecular weight is 407 g/mol. The number of esters is 2. The van der Waals surface area contributed by atoms with E-state index in [2.05, 4.69) is 5.32 Å². The quantitative estimate of drug-likeness (QED) is 0.401. The van der Waals surface area contributed by atoms with Gasteiger partial charge < -0.3 is 24.4 Å². The number of hydrogen-bond donors (Lipinski definition) is 1. The summed E-state index contributed by atoms with van der Waals surface area (Å²) in [4.78, 5) is 27.0. The lowest BCUT2D eigenvalue weighted by molar-refractivity contribution is -0.140. The number of nitrogens with zero attached hydrogens (tertiary/aromatic N) is 1. The van der Waals surface area contributed by atoms with Crippen molar-refractivity contribution >= 4 is 29.3 Å². The van der Waals surface area contributed by atoms with Gasteiger partial charge in [-0.1, -0.05) is 25.1 Å². The van der Waals surface area contributed by atoms with Crippen molar-refractivity contribution in [2.24, 2.45) is 0 Å². The molecule has 28 heavy (non-hydrogen) atoms. The van der Waals surface area contributed by atoms with E-state index < -0.39 is 18.0 Å². The number of methoxy groups -OCH3 is 2. The fourth-order valence-electron chi connectivity index (χ4n) is 3.11. The van der Waals surface area contributed by atoms with Gasteiger partial charge in [0, 0.05) is 19.4 Å². The first-order valence-electron chi connectivity index (χ1n) is 9.08. The molecule has 152 valence electrons. The van der Waals surface area contributed by atoms with Crippen molar-refractivity contribution in [2.45, 2.75) is 26.3 Å². The summed E-state index contributed by atoms with van der Waals surface area (Å²) < 4.78 is 15.2. The molecule has 2 rings (SSSR count). The number of carbonyl (C=O) groups excluding carboxylic acids is 2. The molecular weight excluding hydrogens is 380 g/mol. The molecule has 1 N–H and O–H groups in total. The molecule has 8 heteroatoms. The Morgan fingerprint density at radius 3 is 2.54 bits per heavy atom. The second-order valence-electron chi connectivity index (χ2n) is 6.24. The van der Waals surface area contributed by atoms with Gasteiger partial charge >= 0.3 is 11.9 Å². The SMILES string of the molecule is CCCN1C(=S)NC(c2ccccc2C(=O)OC)C(C(=O)OCCOC)=C1C. The summed E-state index contributed by atoms with van der Waals surface area (Å²) in [5.74, 6) is -0.959. The van der Waals surface area contributed by atoms with Gasteiger partial charge in [-0.15, -0.1) is 0 Å². The third-order valence-electron chi connectivity index (χ3n) is 4.46. The highest BCUT2D eigenvalue weighted by molar-refractivity contribution is 7.80. The van der Waals surface area contributed by atoms with Gasteiger partial charge in [-0.25, -0.2) is 9.59 Å². The van der Waals surface area contributed by atoms with Crippen molar-refractivity contribution in [1.82, 2.24) is 10.2 Å². The molecule has 1 aliphatic rings. The Balaban J connectivity index is 2.53. The lowest BCUT2D eigenvalue weighted by Crippen LogP contribution is -2.48. The molecule has 1 aromatic rings. The highest BCUT2D eigenvalue weighted by Gasteiger charge is 2.36. The highest BCUT2D eigenvalue weighted by Crippen LogP contribution is 2.33. The van der Waals surface area contributed by atoms with E-state index in [1.165, 1.54) is 14.2 Å². The maximum absolute atomic E-state index is 12.9. The smallest absolute Gasteiger partial charge is 0.338 e. The molecule has 0 saturated heterocycles. The Kier molecular flexibility index (Phi) is 7.95. The van der Waals surface area contributed by atoms with Crippen LogP contribution in [0, 0.1) is 0 Å². The van der Waals surface area contributed by atoms with Gasteiger partial charge in [0.2, 0.25) is 0 Å². The van der Waals surface area contributed by atoms with Crippen LogP contribution in [0.5, 0.6) is 0 Å². The van der Waals surface area contributed by atoms with Crippen molar-refractivity contribution in [1.29, 1.82) is 0 Å². The fraction of sp³-hybridized carbons (Fsp3) is 0.450. The van der Waals surface area contributed by atoms with Crippen LogP contribution in [-0.4, -0.2) is 55.9 Å². The number of nitrogens with one attached hydrogen (secondary N) is 1. The van der Waals surface area contributed by atoms with Gasteiger partial charge in [-0.3, -0.25) is 0 Å². The van der Waals surface area contributed by atoms with Crippen LogP contribution in [0.15, 0.2) is 35.5 Å². The Labute approximate surface area is 170 Å². The molecular formula is C20H26N2O5S. The number of allylic oxidation sites excluding steroid dienone is 1. The van der Waals surface area contributed by atoms with Crippen LogP contribution >= 0.6 is 12.2 Å². The van der Waals surface area contributed by atoms with Crippen LogP contribution in [0.2, 0.25) is 0 Å². The van der Waals surface area contributed by atoms with Gasteiger partial charge in [0.25, 0.3) is 0 Å². The van der Waals surface area contributed by atoms with E-state index in [4.69, 9.17) is 26.4 Å². The standard InChI is InChI=1S/C20H26N2O5S/c1-5-10-22-13(2)16(19(24)27-12-11-25-3)17(21-20(22)28)14-8-6-7-9-15(14)18(23)26-4/h6-9,17H,5,10-12H2,1-4H3,(H,21,28). The van der Waals surface area contributed by atoms with Crippen LogP contribution in [-0.2, 0) is 19.0 Å². The minimum Gasteiger partial charge on any atom is -0.465 e. The van der Waals surface area contributed by atoms with Crippen molar-refractivity contribution in [2.75, 3.05) is 34.0 Å². The summed E-state index contributed by atoms with van der Waals surface area (Å²) in [6, 6.07) is 6.36. The van der Waals surface area contributed by atoms with Crippen LogP contribution < -0.4 is 5.32 Å². The lowest BCUT2D eigenvalue weighted by atomic mass is 9.91. The molecule has 1 unspecified atom stereocenters. The van der Waals surface area contributed by atoms with Gasteiger partial charge in [0.15, 0.2) is 5.11 Å². The van der Waals surface area contributed by atoms with Gasteiger partial charge in [-0.2, -0.15) is 0 Å². The molecule has 0 fully saturated rings. The number of thiocarbonyl (C=S) groups is 1. The topological polar surface area (TPSA) is 77.1 Å². The Morgan fingerprint density at radius 1 is 1.18 bits per heavy atom. The summed E-state index contributed by atoms with van der Waals surface area (Å²) in [7, 11) is 2.86. The average Bonchev–Trinajstić information content (AvgIpc) is 2.70. The normalized spacial score (nSPS) is 16.6. The molecule has 0 bridgehead atoms. The van der Waals surface area contributed by atoms with E-state index in [0.29, 0.717) is 40.7 Å². The first kappa shape index (κ1) is 21.8. The summed E-state index contributed by atoms with van der Waals surface area (Å²) in [6.45, 7) is 4.97.